The van der Waals surface area contributed by atoms with Crippen LogP contribution in [0.2, 0.25) is 0 Å². The van der Waals surface area contributed by atoms with Crippen molar-refractivity contribution in [2.75, 3.05) is 20.3 Å². The molecule has 3 N–H and O–H groups in total. The van der Waals surface area contributed by atoms with Gasteiger partial charge in [-0.3, -0.25) is 4.79 Å². The highest BCUT2D eigenvalue weighted by Crippen LogP contribution is 2.39. The van der Waals surface area contributed by atoms with Crippen LogP contribution in [-0.2, 0) is 25.5 Å². The third-order valence-corrected chi connectivity index (χ3v) is 6.21. The molecule has 0 spiro atoms. The fraction of sp³-hybridized carbons (Fsp3) is 0.370. The zero-order valence-electron chi connectivity index (χ0n) is 20.4. The van der Waals surface area contributed by atoms with Crippen molar-refractivity contribution < 1.29 is 28.9 Å². The second kappa shape index (κ2) is 11.8. The number of benzene rings is 2. The number of allylic oxidation sites excluding steroid dienone is 1. The van der Waals surface area contributed by atoms with Gasteiger partial charge in [0, 0.05) is 25.0 Å². The summed E-state index contributed by atoms with van der Waals surface area (Å²) in [4.78, 5) is 32.7. The van der Waals surface area contributed by atoms with Crippen LogP contribution >= 0.6 is 0 Å². The predicted molar refractivity (Wildman–Crippen MR) is 133 cm³/mol. The molecule has 0 saturated carbocycles. The molecule has 1 aliphatic rings. The average Bonchev–Trinajstić information content (AvgIpc) is 3.33. The predicted octanol–water partition coefficient (Wildman–Crippen LogP) is 3.41. The number of nitrogens with one attached hydrogen (secondary N) is 2. The van der Waals surface area contributed by atoms with Crippen molar-refractivity contribution in [1.29, 1.82) is 0 Å². The number of ether oxygens (including phenoxy) is 3. The van der Waals surface area contributed by atoms with E-state index in [9.17, 15) is 14.7 Å². The Bertz CT molecular complexity index is 1190. The molecule has 0 aliphatic carbocycles. The molecule has 4 rings (SSSR count). The lowest BCUT2D eigenvalue weighted by Crippen LogP contribution is -2.39. The standard InChI is InChI=1S/C27H31N3O6/c1-3-35-27-19(7-6-14-31)20(17-10-12-18(13-11-17)26(33)34-2)15-23(36-27)25(32)28-16-24-29-21-8-4-5-9-22(21)30-24/h4-5,8-13,15,19-20,27,31H,3,6-7,14,16H2,1-2H3,(H,28,32)(H,29,30)/t19-,20-,27-/m1/s1. The Morgan fingerprint density at radius 1 is 1.17 bits per heavy atom. The molecule has 1 aliphatic heterocycles. The van der Waals surface area contributed by atoms with Gasteiger partial charge in [-0.15, -0.1) is 0 Å². The molecule has 2 aromatic carbocycles. The Labute approximate surface area is 209 Å². The van der Waals surface area contributed by atoms with Crippen molar-refractivity contribution in [3.8, 4) is 0 Å². The van der Waals surface area contributed by atoms with E-state index in [1.54, 1.807) is 18.2 Å². The van der Waals surface area contributed by atoms with Gasteiger partial charge in [-0.25, -0.2) is 9.78 Å². The van der Waals surface area contributed by atoms with Crippen molar-refractivity contribution >= 4 is 22.9 Å². The van der Waals surface area contributed by atoms with E-state index < -0.39 is 12.3 Å². The van der Waals surface area contributed by atoms with E-state index in [0.29, 0.717) is 30.8 Å². The normalized spacial score (nSPS) is 19.4. The summed E-state index contributed by atoms with van der Waals surface area (Å²) in [6.45, 7) is 2.52. The van der Waals surface area contributed by atoms with Crippen LogP contribution in [0.4, 0.5) is 0 Å². The van der Waals surface area contributed by atoms with Crippen LogP contribution in [0.1, 0.15) is 47.4 Å². The number of methoxy groups -OCH3 is 1. The molecule has 3 atom stereocenters. The van der Waals surface area contributed by atoms with E-state index in [2.05, 4.69) is 15.3 Å². The van der Waals surface area contributed by atoms with Crippen LogP contribution in [0, 0.1) is 5.92 Å². The molecule has 190 valence electrons. The Hall–Kier alpha value is -3.69. The van der Waals surface area contributed by atoms with Gasteiger partial charge in [0.2, 0.25) is 6.29 Å². The summed E-state index contributed by atoms with van der Waals surface area (Å²) < 4.78 is 16.7. The Morgan fingerprint density at radius 3 is 2.64 bits per heavy atom. The maximum Gasteiger partial charge on any atom is 0.337 e. The second-order valence-electron chi connectivity index (χ2n) is 8.52. The molecular formula is C27H31N3O6. The minimum atomic E-state index is -0.663. The fourth-order valence-corrected chi connectivity index (χ4v) is 4.44. The van der Waals surface area contributed by atoms with Gasteiger partial charge in [-0.2, -0.15) is 0 Å². The van der Waals surface area contributed by atoms with Gasteiger partial charge in [-0.05, 0) is 55.7 Å². The van der Waals surface area contributed by atoms with Crippen molar-refractivity contribution in [1.82, 2.24) is 15.3 Å². The molecule has 3 aromatic rings. The molecule has 0 radical (unpaired) electrons. The zero-order chi connectivity index (χ0) is 25.5. The van der Waals surface area contributed by atoms with Gasteiger partial charge in [0.1, 0.15) is 5.82 Å². The topological polar surface area (TPSA) is 123 Å². The highest BCUT2D eigenvalue weighted by atomic mass is 16.7. The molecule has 0 saturated heterocycles. The summed E-state index contributed by atoms with van der Waals surface area (Å²) in [6.07, 6.45) is 2.33. The number of carbonyl (C=O) groups is 2. The molecular weight excluding hydrogens is 462 g/mol. The number of H-pyrrole nitrogens is 1. The Morgan fingerprint density at radius 2 is 1.94 bits per heavy atom. The maximum atomic E-state index is 13.1. The highest BCUT2D eigenvalue weighted by Gasteiger charge is 2.37. The number of fused-ring (bicyclic) bond motifs is 1. The van der Waals surface area contributed by atoms with Crippen LogP contribution in [0.3, 0.4) is 0 Å². The first kappa shape index (κ1) is 25.4. The van der Waals surface area contributed by atoms with Crippen LogP contribution in [0.5, 0.6) is 0 Å². The molecule has 0 bridgehead atoms. The van der Waals surface area contributed by atoms with Crippen molar-refractivity contribution in [2.24, 2.45) is 5.92 Å². The molecule has 1 aromatic heterocycles. The molecule has 0 fully saturated rings. The number of aromatic amines is 1. The number of aromatic nitrogens is 2. The molecule has 0 unspecified atom stereocenters. The summed E-state index contributed by atoms with van der Waals surface area (Å²) in [7, 11) is 1.34. The number of aliphatic hydroxyl groups excluding tert-OH is 1. The van der Waals surface area contributed by atoms with Crippen molar-refractivity contribution in [2.45, 2.75) is 38.5 Å². The average molecular weight is 494 g/mol. The number of para-hydroxylation sites is 2. The number of carbonyl (C=O) groups excluding carboxylic acids is 2. The summed E-state index contributed by atoms with van der Waals surface area (Å²) in [5, 5.41) is 12.3. The molecule has 9 nitrogen and oxygen atoms in total. The van der Waals surface area contributed by atoms with E-state index >= 15 is 0 Å². The molecule has 1 amide bonds. The summed E-state index contributed by atoms with van der Waals surface area (Å²) in [5.74, 6) is -0.353. The van der Waals surface area contributed by atoms with Crippen LogP contribution in [0.15, 0.2) is 60.4 Å². The van der Waals surface area contributed by atoms with Gasteiger partial charge in [0.25, 0.3) is 5.91 Å². The molecule has 9 heteroatoms. The number of esters is 1. The third kappa shape index (κ3) is 5.75. The van der Waals surface area contributed by atoms with E-state index in [4.69, 9.17) is 14.2 Å². The third-order valence-electron chi connectivity index (χ3n) is 6.21. The van der Waals surface area contributed by atoms with Gasteiger partial charge in [-0.1, -0.05) is 24.3 Å². The first-order valence-electron chi connectivity index (χ1n) is 12.0. The zero-order valence-corrected chi connectivity index (χ0v) is 20.4. The van der Waals surface area contributed by atoms with Crippen molar-refractivity contribution in [3.63, 3.8) is 0 Å². The van der Waals surface area contributed by atoms with Crippen LogP contribution < -0.4 is 5.32 Å². The van der Waals surface area contributed by atoms with Crippen LogP contribution in [0.25, 0.3) is 11.0 Å². The van der Waals surface area contributed by atoms with E-state index in [0.717, 1.165) is 16.6 Å². The maximum absolute atomic E-state index is 13.1. The number of amides is 1. The lowest BCUT2D eigenvalue weighted by atomic mass is 9.80. The lowest BCUT2D eigenvalue weighted by Gasteiger charge is -2.37. The van der Waals surface area contributed by atoms with E-state index in [1.807, 2.05) is 43.3 Å². The van der Waals surface area contributed by atoms with Gasteiger partial charge in [0.05, 0.1) is 30.3 Å². The quantitative estimate of drug-likeness (QED) is 0.370. The molecule has 36 heavy (non-hydrogen) atoms. The minimum absolute atomic E-state index is 0.0396. The van der Waals surface area contributed by atoms with Gasteiger partial charge < -0.3 is 29.6 Å². The van der Waals surface area contributed by atoms with Gasteiger partial charge in [0.15, 0.2) is 5.76 Å². The number of aliphatic hydroxyl groups is 1. The smallest absolute Gasteiger partial charge is 0.337 e. The van der Waals surface area contributed by atoms with Crippen LogP contribution in [-0.4, -0.2) is 53.6 Å². The van der Waals surface area contributed by atoms with E-state index in [1.165, 1.54) is 7.11 Å². The van der Waals surface area contributed by atoms with Gasteiger partial charge >= 0.3 is 5.97 Å². The second-order valence-corrected chi connectivity index (χ2v) is 8.52. The first-order chi connectivity index (χ1) is 17.5. The number of nitrogens with zero attached hydrogens (tertiary/aromatic N) is 1. The molecule has 2 heterocycles. The number of imidazole rings is 1. The number of rotatable bonds is 10. The number of hydrogen-bond acceptors (Lipinski definition) is 7. The minimum Gasteiger partial charge on any atom is -0.465 e. The SMILES string of the molecule is CCO[C@@H]1OC(C(=O)NCc2nc3ccccc3[nH]2)=C[C@H](c2ccc(C(=O)OC)cc2)[C@H]1CCCO. The monoisotopic (exact) mass is 493 g/mol. The summed E-state index contributed by atoms with van der Waals surface area (Å²) >= 11 is 0. The highest BCUT2D eigenvalue weighted by molar-refractivity contribution is 5.92. The largest absolute Gasteiger partial charge is 0.465 e. The first-order valence-corrected chi connectivity index (χ1v) is 12.0. The van der Waals surface area contributed by atoms with E-state index in [-0.39, 0.29) is 36.7 Å². The summed E-state index contributed by atoms with van der Waals surface area (Å²) in [5.41, 5.74) is 3.07. The summed E-state index contributed by atoms with van der Waals surface area (Å²) in [6, 6.07) is 14.7. The fourth-order valence-electron chi connectivity index (χ4n) is 4.44. The number of hydrogen-bond donors (Lipinski definition) is 3. The Balaban J connectivity index is 1.58. The Kier molecular flexibility index (Phi) is 8.35. The van der Waals surface area contributed by atoms with Crippen molar-refractivity contribution in [3.05, 3.63) is 77.3 Å². The lowest BCUT2D eigenvalue weighted by molar-refractivity contribution is -0.166.